The maximum absolute atomic E-state index is 5.99. The van der Waals surface area contributed by atoms with Gasteiger partial charge in [0.25, 0.3) is 0 Å². The Bertz CT molecular complexity index is 767. The van der Waals surface area contributed by atoms with Crippen molar-refractivity contribution in [3.05, 3.63) is 49.9 Å². The van der Waals surface area contributed by atoms with Crippen LogP contribution in [0.15, 0.2) is 29.6 Å². The highest BCUT2D eigenvalue weighted by Gasteiger charge is 2.07. The Morgan fingerprint density at radius 3 is 2.94 bits per heavy atom. The first-order valence-corrected chi connectivity index (χ1v) is 7.23. The van der Waals surface area contributed by atoms with Crippen LogP contribution in [0.1, 0.15) is 10.4 Å². The van der Waals surface area contributed by atoms with Gasteiger partial charge in [0.15, 0.2) is 4.77 Å². The highest BCUT2D eigenvalue weighted by Crippen LogP contribution is 2.23. The van der Waals surface area contributed by atoms with Crippen molar-refractivity contribution in [2.45, 2.75) is 13.5 Å². The highest BCUT2D eigenvalue weighted by molar-refractivity contribution is 7.71. The molecule has 0 radical (unpaired) electrons. The Hall–Kier alpha value is -1.10. The van der Waals surface area contributed by atoms with Crippen LogP contribution >= 0.6 is 35.2 Å². The molecule has 0 unspecified atom stereocenters. The van der Waals surface area contributed by atoms with Crippen LogP contribution in [0, 0.1) is 11.7 Å². The number of thiophene rings is 1. The normalized spacial score (nSPS) is 11.2. The molecular formula is C13H11ClN2S2. The maximum Gasteiger partial charge on any atom is 0.178 e. The molecule has 3 rings (SSSR count). The minimum atomic E-state index is 0.721. The first kappa shape index (κ1) is 12.0. The number of halogens is 1. The van der Waals surface area contributed by atoms with Gasteiger partial charge in [-0.2, -0.15) is 0 Å². The number of aromatic nitrogens is 2. The van der Waals surface area contributed by atoms with Crippen LogP contribution < -0.4 is 0 Å². The van der Waals surface area contributed by atoms with Gasteiger partial charge in [-0.25, -0.2) is 0 Å². The summed E-state index contributed by atoms with van der Waals surface area (Å²) >= 11 is 13.1. The molecule has 0 aliphatic carbocycles. The Labute approximate surface area is 119 Å². The summed E-state index contributed by atoms with van der Waals surface area (Å²) in [6.07, 6.45) is 0. The summed E-state index contributed by atoms with van der Waals surface area (Å²) in [5.74, 6) is 0. The number of nitrogens with one attached hydrogen (secondary N) is 1. The zero-order valence-electron chi connectivity index (χ0n) is 9.74. The van der Waals surface area contributed by atoms with Crippen LogP contribution in [-0.2, 0) is 6.54 Å². The topological polar surface area (TPSA) is 20.7 Å². The smallest absolute Gasteiger partial charge is 0.178 e. The van der Waals surface area contributed by atoms with Gasteiger partial charge in [0, 0.05) is 9.90 Å². The SMILES string of the molecule is Cc1ccsc1Cn1c(=S)[nH]c2cc(Cl)ccc21. The second kappa shape index (κ2) is 4.53. The third-order valence-electron chi connectivity index (χ3n) is 3.01. The minimum absolute atomic E-state index is 0.721. The highest BCUT2D eigenvalue weighted by atomic mass is 35.5. The van der Waals surface area contributed by atoms with E-state index in [9.17, 15) is 0 Å². The van der Waals surface area contributed by atoms with Gasteiger partial charge in [-0.15, -0.1) is 11.3 Å². The van der Waals surface area contributed by atoms with Crippen molar-refractivity contribution in [1.82, 2.24) is 9.55 Å². The number of rotatable bonds is 2. The first-order valence-electron chi connectivity index (χ1n) is 5.56. The van der Waals surface area contributed by atoms with Gasteiger partial charge in [0.2, 0.25) is 0 Å². The number of hydrogen-bond donors (Lipinski definition) is 1. The van der Waals surface area contributed by atoms with Crippen molar-refractivity contribution in [3.8, 4) is 0 Å². The van der Waals surface area contributed by atoms with Crippen LogP contribution in [0.3, 0.4) is 0 Å². The number of nitrogens with zero attached hydrogens (tertiary/aromatic N) is 1. The fourth-order valence-corrected chi connectivity index (χ4v) is 3.34. The van der Waals surface area contributed by atoms with E-state index in [0.29, 0.717) is 0 Å². The number of aromatic amines is 1. The van der Waals surface area contributed by atoms with Gasteiger partial charge in [-0.1, -0.05) is 11.6 Å². The molecule has 0 fully saturated rings. The summed E-state index contributed by atoms with van der Waals surface area (Å²) < 4.78 is 2.85. The molecule has 3 aromatic rings. The molecule has 1 aromatic carbocycles. The predicted molar refractivity (Wildman–Crippen MR) is 80.3 cm³/mol. The number of fused-ring (bicyclic) bond motifs is 1. The molecule has 0 amide bonds. The molecule has 0 spiro atoms. The van der Waals surface area contributed by atoms with Crippen molar-refractivity contribution in [2.75, 3.05) is 0 Å². The largest absolute Gasteiger partial charge is 0.331 e. The lowest BCUT2D eigenvalue weighted by Crippen LogP contribution is -1.98. The first-order chi connectivity index (χ1) is 8.65. The lowest BCUT2D eigenvalue weighted by Gasteiger charge is -2.04. The molecule has 92 valence electrons. The quantitative estimate of drug-likeness (QED) is 0.675. The van der Waals surface area contributed by atoms with E-state index in [-0.39, 0.29) is 0 Å². The second-order valence-electron chi connectivity index (χ2n) is 4.20. The van der Waals surface area contributed by atoms with Crippen molar-refractivity contribution in [3.63, 3.8) is 0 Å². The predicted octanol–water partition coefficient (Wildman–Crippen LogP) is 4.77. The van der Waals surface area contributed by atoms with E-state index in [0.717, 1.165) is 27.4 Å². The molecule has 5 heteroatoms. The summed E-state index contributed by atoms with van der Waals surface area (Å²) in [5, 5.41) is 2.83. The van der Waals surface area contributed by atoms with Crippen LogP contribution in [0.4, 0.5) is 0 Å². The van der Waals surface area contributed by atoms with Gasteiger partial charge in [-0.05, 0) is 54.4 Å². The maximum atomic E-state index is 5.99. The third-order valence-corrected chi connectivity index (χ3v) is 4.57. The average Bonchev–Trinajstić information content (AvgIpc) is 2.85. The van der Waals surface area contributed by atoms with E-state index in [4.69, 9.17) is 23.8 Å². The molecule has 2 heterocycles. The Balaban J connectivity index is 2.15. The molecule has 0 bridgehead atoms. The van der Waals surface area contributed by atoms with Crippen molar-refractivity contribution in [1.29, 1.82) is 0 Å². The standard InChI is InChI=1S/C13H11ClN2S2/c1-8-4-5-18-12(8)7-16-11-3-2-9(14)6-10(11)15-13(16)17/h2-6H,7H2,1H3,(H,15,17). The molecule has 1 N–H and O–H groups in total. The number of imidazole rings is 1. The molecule has 18 heavy (non-hydrogen) atoms. The summed E-state index contributed by atoms with van der Waals surface area (Å²) in [6.45, 7) is 2.94. The zero-order chi connectivity index (χ0) is 12.7. The lowest BCUT2D eigenvalue weighted by molar-refractivity contribution is 0.819. The van der Waals surface area contributed by atoms with E-state index in [1.807, 2.05) is 18.2 Å². The minimum Gasteiger partial charge on any atom is -0.331 e. The fraction of sp³-hybridized carbons (Fsp3) is 0.154. The van der Waals surface area contributed by atoms with Gasteiger partial charge < -0.3 is 9.55 Å². The molecule has 0 aliphatic heterocycles. The summed E-state index contributed by atoms with van der Waals surface area (Å²) in [7, 11) is 0. The monoisotopic (exact) mass is 294 g/mol. The van der Waals surface area contributed by atoms with E-state index >= 15 is 0 Å². The fourth-order valence-electron chi connectivity index (χ4n) is 2.00. The number of aryl methyl sites for hydroxylation is 1. The van der Waals surface area contributed by atoms with Crippen LogP contribution in [0.5, 0.6) is 0 Å². The summed E-state index contributed by atoms with van der Waals surface area (Å²) in [6, 6.07) is 7.94. The summed E-state index contributed by atoms with van der Waals surface area (Å²) in [5.41, 5.74) is 3.39. The molecule has 2 nitrogen and oxygen atoms in total. The zero-order valence-corrected chi connectivity index (χ0v) is 12.1. The van der Waals surface area contributed by atoms with Gasteiger partial charge in [0.05, 0.1) is 17.6 Å². The van der Waals surface area contributed by atoms with E-state index in [1.54, 1.807) is 11.3 Å². The van der Waals surface area contributed by atoms with Gasteiger partial charge in [0.1, 0.15) is 0 Å². The number of benzene rings is 1. The molecule has 2 aromatic heterocycles. The van der Waals surface area contributed by atoms with Crippen LogP contribution in [0.25, 0.3) is 11.0 Å². The van der Waals surface area contributed by atoms with Gasteiger partial charge in [-0.3, -0.25) is 0 Å². The summed E-state index contributed by atoms with van der Waals surface area (Å²) in [4.78, 5) is 4.53. The van der Waals surface area contributed by atoms with Crippen LogP contribution in [-0.4, -0.2) is 9.55 Å². The molecule has 0 atom stereocenters. The molecule has 0 saturated heterocycles. The molecular weight excluding hydrogens is 284 g/mol. The number of hydrogen-bond acceptors (Lipinski definition) is 2. The lowest BCUT2D eigenvalue weighted by atomic mass is 10.3. The van der Waals surface area contributed by atoms with Crippen molar-refractivity contribution >= 4 is 46.2 Å². The van der Waals surface area contributed by atoms with Crippen molar-refractivity contribution in [2.24, 2.45) is 0 Å². The second-order valence-corrected chi connectivity index (χ2v) is 6.03. The van der Waals surface area contributed by atoms with Crippen LogP contribution in [0.2, 0.25) is 5.02 Å². The van der Waals surface area contributed by atoms with E-state index in [2.05, 4.69) is 27.9 Å². The molecule has 0 saturated carbocycles. The average molecular weight is 295 g/mol. The van der Waals surface area contributed by atoms with E-state index < -0.39 is 0 Å². The van der Waals surface area contributed by atoms with Crippen molar-refractivity contribution < 1.29 is 0 Å². The molecule has 0 aliphatic rings. The third kappa shape index (κ3) is 2.00. The van der Waals surface area contributed by atoms with Gasteiger partial charge >= 0.3 is 0 Å². The number of H-pyrrole nitrogens is 1. The Morgan fingerprint density at radius 2 is 2.22 bits per heavy atom. The van der Waals surface area contributed by atoms with E-state index in [1.165, 1.54) is 10.4 Å². The Kier molecular flexibility index (Phi) is 3.01. The Morgan fingerprint density at radius 1 is 1.39 bits per heavy atom.